The summed E-state index contributed by atoms with van der Waals surface area (Å²) >= 11 is 6.43. The summed E-state index contributed by atoms with van der Waals surface area (Å²) in [7, 11) is -1.52. The van der Waals surface area contributed by atoms with Gasteiger partial charge in [-0.05, 0) is 37.1 Å². The minimum Gasteiger partial charge on any atom is -0.497 e. The summed E-state index contributed by atoms with van der Waals surface area (Å²) in [5.74, 6) is -0.0420. The second kappa shape index (κ2) is 8.22. The Morgan fingerprint density at radius 1 is 1.39 bits per heavy atom. The molecule has 0 radical (unpaired) electrons. The van der Waals surface area contributed by atoms with Crippen LogP contribution in [0.25, 0.3) is 6.08 Å². The molecule has 3 rings (SSSR count). The van der Waals surface area contributed by atoms with Crippen molar-refractivity contribution in [2.45, 2.75) is 25.4 Å². The van der Waals surface area contributed by atoms with Gasteiger partial charge in [0.05, 0.1) is 23.5 Å². The van der Waals surface area contributed by atoms with E-state index in [4.69, 9.17) is 17.0 Å². The predicted octanol–water partition coefficient (Wildman–Crippen LogP) is 1.59. The van der Waals surface area contributed by atoms with E-state index in [1.54, 1.807) is 32.2 Å². The van der Waals surface area contributed by atoms with Crippen molar-refractivity contribution in [1.82, 2.24) is 10.2 Å². The maximum absolute atomic E-state index is 12.8. The van der Waals surface area contributed by atoms with Crippen molar-refractivity contribution in [3.05, 3.63) is 34.7 Å². The number of thiocarbonyl (C=S) groups is 1. The lowest BCUT2D eigenvalue weighted by Crippen LogP contribution is -2.50. The lowest BCUT2D eigenvalue weighted by molar-refractivity contribution is -0.132. The van der Waals surface area contributed by atoms with Crippen LogP contribution in [0, 0.1) is 0 Å². The minimum absolute atomic E-state index is 0.0674. The van der Waals surface area contributed by atoms with E-state index in [9.17, 15) is 18.0 Å². The van der Waals surface area contributed by atoms with E-state index >= 15 is 0 Å². The van der Waals surface area contributed by atoms with Crippen LogP contribution in [0.3, 0.4) is 0 Å². The van der Waals surface area contributed by atoms with Gasteiger partial charge < -0.3 is 10.1 Å². The first kappa shape index (κ1) is 20.8. The van der Waals surface area contributed by atoms with Crippen molar-refractivity contribution in [2.75, 3.05) is 18.6 Å². The molecule has 150 valence electrons. The van der Waals surface area contributed by atoms with Crippen LogP contribution >= 0.6 is 24.0 Å². The van der Waals surface area contributed by atoms with Crippen molar-refractivity contribution < 1.29 is 22.7 Å². The number of carbonyl (C=O) groups is 2. The summed E-state index contributed by atoms with van der Waals surface area (Å²) in [5, 5.41) is 2.72. The molecule has 0 saturated carbocycles. The first-order valence-corrected chi connectivity index (χ1v) is 11.7. The van der Waals surface area contributed by atoms with Crippen LogP contribution in [0.1, 0.15) is 18.9 Å². The van der Waals surface area contributed by atoms with Gasteiger partial charge in [0.15, 0.2) is 9.84 Å². The number of benzene rings is 1. The zero-order valence-corrected chi connectivity index (χ0v) is 17.8. The first-order chi connectivity index (χ1) is 13.2. The molecular weight excluding hydrogens is 420 g/mol. The van der Waals surface area contributed by atoms with Gasteiger partial charge in [0.1, 0.15) is 16.1 Å². The average Bonchev–Trinajstić information content (AvgIpc) is 3.13. The van der Waals surface area contributed by atoms with Gasteiger partial charge in [0.25, 0.3) is 5.91 Å². The topological polar surface area (TPSA) is 92.8 Å². The number of carbonyl (C=O) groups excluding carboxylic acids is 2. The molecule has 1 aromatic rings. The molecule has 10 heteroatoms. The molecule has 7 nitrogen and oxygen atoms in total. The van der Waals surface area contributed by atoms with Crippen LogP contribution in [-0.2, 0) is 19.4 Å². The van der Waals surface area contributed by atoms with Crippen LogP contribution in [0.5, 0.6) is 5.75 Å². The molecule has 0 bridgehead atoms. The maximum atomic E-state index is 12.8. The van der Waals surface area contributed by atoms with E-state index in [0.29, 0.717) is 21.4 Å². The fraction of sp³-hybridized carbons (Fsp3) is 0.389. The van der Waals surface area contributed by atoms with Crippen LogP contribution in [-0.4, -0.2) is 60.2 Å². The Labute approximate surface area is 173 Å². The molecule has 0 unspecified atom stereocenters. The summed E-state index contributed by atoms with van der Waals surface area (Å²) < 4.78 is 28.5. The second-order valence-electron chi connectivity index (χ2n) is 6.61. The Kier molecular flexibility index (Phi) is 6.11. The fourth-order valence-electron chi connectivity index (χ4n) is 3.01. The molecule has 2 amide bonds. The maximum Gasteiger partial charge on any atom is 0.266 e. The Morgan fingerprint density at radius 3 is 2.64 bits per heavy atom. The number of rotatable bonds is 5. The van der Waals surface area contributed by atoms with Gasteiger partial charge in [-0.25, -0.2) is 8.42 Å². The Bertz CT molecular complexity index is 940. The van der Waals surface area contributed by atoms with Gasteiger partial charge in [-0.15, -0.1) is 0 Å². The van der Waals surface area contributed by atoms with E-state index < -0.39 is 27.8 Å². The normalized spacial score (nSPS) is 23.9. The van der Waals surface area contributed by atoms with Crippen molar-refractivity contribution >= 4 is 56.0 Å². The van der Waals surface area contributed by atoms with Gasteiger partial charge in [-0.2, -0.15) is 0 Å². The quantitative estimate of drug-likeness (QED) is 0.549. The third-order valence-electron chi connectivity index (χ3n) is 4.58. The molecule has 2 aliphatic rings. The van der Waals surface area contributed by atoms with Crippen LogP contribution in [0.2, 0.25) is 0 Å². The smallest absolute Gasteiger partial charge is 0.266 e. The number of methoxy groups -OCH3 is 1. The number of thioether (sulfide) groups is 1. The van der Waals surface area contributed by atoms with Crippen molar-refractivity contribution in [2.24, 2.45) is 0 Å². The molecule has 2 saturated heterocycles. The molecular formula is C18H20N2O5S3. The van der Waals surface area contributed by atoms with Crippen molar-refractivity contribution in [3.8, 4) is 5.75 Å². The number of ether oxygens (including phenoxy) is 1. The largest absolute Gasteiger partial charge is 0.497 e. The Morgan fingerprint density at radius 2 is 2.07 bits per heavy atom. The highest BCUT2D eigenvalue weighted by molar-refractivity contribution is 8.26. The molecule has 0 spiro atoms. The van der Waals surface area contributed by atoms with Gasteiger partial charge in [0, 0.05) is 6.04 Å². The zero-order valence-electron chi connectivity index (χ0n) is 15.4. The second-order valence-corrected chi connectivity index (χ2v) is 10.5. The Balaban J connectivity index is 1.69. The summed E-state index contributed by atoms with van der Waals surface area (Å²) in [6.07, 6.45) is 2.10. The highest BCUT2D eigenvalue weighted by Gasteiger charge is 2.39. The molecule has 28 heavy (non-hydrogen) atoms. The van der Waals surface area contributed by atoms with E-state index in [2.05, 4.69) is 5.32 Å². The summed E-state index contributed by atoms with van der Waals surface area (Å²) in [6, 6.07) is 5.98. The highest BCUT2D eigenvalue weighted by atomic mass is 32.2. The lowest BCUT2D eigenvalue weighted by atomic mass is 10.2. The van der Waals surface area contributed by atoms with Crippen LogP contribution < -0.4 is 10.1 Å². The molecule has 0 aliphatic carbocycles. The average molecular weight is 441 g/mol. The number of hydrogen-bond donors (Lipinski definition) is 1. The molecule has 1 aromatic carbocycles. The number of sulfone groups is 1. The molecule has 1 N–H and O–H groups in total. The van der Waals surface area contributed by atoms with E-state index in [0.717, 1.165) is 17.3 Å². The lowest BCUT2D eigenvalue weighted by Gasteiger charge is -2.23. The third-order valence-corrected chi connectivity index (χ3v) is 7.68. The fourth-order valence-corrected chi connectivity index (χ4v) is 6.10. The van der Waals surface area contributed by atoms with E-state index in [-0.39, 0.29) is 17.4 Å². The summed E-state index contributed by atoms with van der Waals surface area (Å²) in [5.41, 5.74) is 0.814. The van der Waals surface area contributed by atoms with Crippen molar-refractivity contribution in [3.63, 3.8) is 0 Å². The molecule has 2 atom stereocenters. The first-order valence-electron chi connectivity index (χ1n) is 8.62. The number of nitrogens with zero attached hydrogens (tertiary/aromatic N) is 1. The van der Waals surface area contributed by atoms with Gasteiger partial charge >= 0.3 is 0 Å². The standard InChI is InChI=1S/C18H20N2O5S3/c1-11(16(21)19-13-7-8-28(23,24)10-13)20-17(22)15(27-18(20)26)9-12-3-5-14(25-2)6-4-12/h3-6,9,11,13H,7-8,10H2,1-2H3,(H,19,21)/b15-9-/t11-,13+/m1/s1. The van der Waals surface area contributed by atoms with Gasteiger partial charge in [-0.3, -0.25) is 14.5 Å². The summed E-state index contributed by atoms with van der Waals surface area (Å²) in [6.45, 7) is 1.58. The monoisotopic (exact) mass is 440 g/mol. The Hall–Kier alpha value is -1.91. The van der Waals surface area contributed by atoms with Gasteiger partial charge in [-0.1, -0.05) is 36.1 Å². The van der Waals surface area contributed by atoms with E-state index in [1.807, 2.05) is 12.1 Å². The third kappa shape index (κ3) is 4.56. The number of nitrogens with one attached hydrogen (secondary N) is 1. The highest BCUT2D eigenvalue weighted by Crippen LogP contribution is 2.34. The summed E-state index contributed by atoms with van der Waals surface area (Å²) in [4.78, 5) is 27.0. The van der Waals surface area contributed by atoms with Crippen LogP contribution in [0.4, 0.5) is 0 Å². The number of amides is 2. The SMILES string of the molecule is COc1ccc(/C=C2\SC(=S)N([C@H](C)C(=O)N[C@H]3CCS(=O)(=O)C3)C2=O)cc1. The number of hydrogen-bond acceptors (Lipinski definition) is 7. The molecule has 2 fully saturated rings. The molecule has 2 heterocycles. The zero-order chi connectivity index (χ0) is 20.5. The minimum atomic E-state index is -3.10. The molecule has 2 aliphatic heterocycles. The predicted molar refractivity (Wildman–Crippen MR) is 113 cm³/mol. The van der Waals surface area contributed by atoms with Gasteiger partial charge in [0.2, 0.25) is 5.91 Å². The van der Waals surface area contributed by atoms with E-state index in [1.165, 1.54) is 4.90 Å². The molecule has 0 aromatic heterocycles. The van der Waals surface area contributed by atoms with Crippen molar-refractivity contribution in [1.29, 1.82) is 0 Å². The van der Waals surface area contributed by atoms with Crippen LogP contribution in [0.15, 0.2) is 29.2 Å².